The summed E-state index contributed by atoms with van der Waals surface area (Å²) >= 11 is 4.81. The largest absolute Gasteiger partial charge is 0.493 e. The van der Waals surface area contributed by atoms with Crippen LogP contribution in [0.15, 0.2) is 81.1 Å². The second-order valence-electron chi connectivity index (χ2n) is 7.72. The summed E-state index contributed by atoms with van der Waals surface area (Å²) in [5.41, 5.74) is 2.39. The Kier molecular flexibility index (Phi) is 8.12. The van der Waals surface area contributed by atoms with Gasteiger partial charge in [0.1, 0.15) is 6.61 Å². The van der Waals surface area contributed by atoms with Gasteiger partial charge in [-0.3, -0.25) is 9.69 Å². The molecule has 4 rings (SSSR count). The molecule has 0 saturated carbocycles. The summed E-state index contributed by atoms with van der Waals surface area (Å²) in [7, 11) is 1.57. The lowest BCUT2D eigenvalue weighted by atomic mass is 10.1. The summed E-state index contributed by atoms with van der Waals surface area (Å²) in [6.45, 7) is 2.68. The molecule has 1 aliphatic rings. The predicted octanol–water partition coefficient (Wildman–Crippen LogP) is 6.36. The number of rotatable bonds is 8. The SMILES string of the molecule is CCN1C(=O)/C(=C\c2cc(Br)c(OCc3ccccc3)c(OC)c2)SC1=Nc1cccc(C(=O)O)c1. The number of ether oxygens (including phenoxy) is 2. The van der Waals surface area contributed by atoms with Crippen LogP contribution in [0.4, 0.5) is 5.69 Å². The van der Waals surface area contributed by atoms with Gasteiger partial charge in [0.2, 0.25) is 0 Å². The zero-order valence-electron chi connectivity index (χ0n) is 19.6. The van der Waals surface area contributed by atoms with Crippen LogP contribution in [0.25, 0.3) is 6.08 Å². The van der Waals surface area contributed by atoms with Crippen molar-refractivity contribution >= 4 is 56.5 Å². The van der Waals surface area contributed by atoms with Crippen molar-refractivity contribution in [2.24, 2.45) is 4.99 Å². The molecule has 36 heavy (non-hydrogen) atoms. The molecule has 1 fully saturated rings. The number of hydrogen-bond acceptors (Lipinski definition) is 6. The van der Waals surface area contributed by atoms with Crippen LogP contribution in [-0.2, 0) is 11.4 Å². The third-order valence-electron chi connectivity index (χ3n) is 5.30. The molecular weight excluding hydrogens is 544 g/mol. The first-order chi connectivity index (χ1) is 17.4. The minimum Gasteiger partial charge on any atom is -0.493 e. The van der Waals surface area contributed by atoms with E-state index in [4.69, 9.17) is 9.47 Å². The van der Waals surface area contributed by atoms with E-state index in [-0.39, 0.29) is 11.5 Å². The van der Waals surface area contributed by atoms with E-state index >= 15 is 0 Å². The van der Waals surface area contributed by atoms with Crippen molar-refractivity contribution < 1.29 is 24.2 Å². The van der Waals surface area contributed by atoms with E-state index in [9.17, 15) is 14.7 Å². The molecular formula is C27H23BrN2O5S. The standard InChI is InChI=1S/C27H23BrN2O5S/c1-3-30-25(31)23(36-27(30)29-20-11-7-10-19(15-20)26(32)33)14-18-12-21(28)24(22(13-18)34-2)35-16-17-8-5-4-6-9-17/h4-15H,3,16H2,1-2H3,(H,32,33)/b23-14+,29-27?. The molecule has 0 aromatic heterocycles. The number of amidine groups is 1. The summed E-state index contributed by atoms with van der Waals surface area (Å²) in [5.74, 6) is -0.0926. The van der Waals surface area contributed by atoms with Crippen LogP contribution in [0.1, 0.15) is 28.4 Å². The lowest BCUT2D eigenvalue weighted by molar-refractivity contribution is -0.122. The number of thioether (sulfide) groups is 1. The van der Waals surface area contributed by atoms with Crippen LogP contribution < -0.4 is 9.47 Å². The van der Waals surface area contributed by atoms with Gasteiger partial charge in [0.15, 0.2) is 16.7 Å². The number of aromatic carboxylic acids is 1. The number of carboxylic acids is 1. The summed E-state index contributed by atoms with van der Waals surface area (Å²) < 4.78 is 12.3. The first-order valence-corrected chi connectivity index (χ1v) is 12.7. The number of methoxy groups -OCH3 is 1. The minimum atomic E-state index is -1.03. The Morgan fingerprint density at radius 3 is 2.61 bits per heavy atom. The monoisotopic (exact) mass is 566 g/mol. The number of carbonyl (C=O) groups excluding carboxylic acids is 1. The fraction of sp³-hybridized carbons (Fsp3) is 0.148. The Labute approximate surface area is 221 Å². The third-order valence-corrected chi connectivity index (χ3v) is 6.89. The second kappa shape index (κ2) is 11.5. The molecule has 1 amide bonds. The van der Waals surface area contributed by atoms with Crippen molar-refractivity contribution in [2.75, 3.05) is 13.7 Å². The van der Waals surface area contributed by atoms with E-state index in [2.05, 4.69) is 20.9 Å². The maximum atomic E-state index is 13.1. The van der Waals surface area contributed by atoms with Crippen molar-refractivity contribution in [1.29, 1.82) is 0 Å². The lowest BCUT2D eigenvalue weighted by Crippen LogP contribution is -2.28. The minimum absolute atomic E-state index is 0.136. The topological polar surface area (TPSA) is 88.4 Å². The molecule has 0 atom stereocenters. The summed E-state index contributed by atoms with van der Waals surface area (Å²) in [6.07, 6.45) is 1.78. The number of nitrogens with zero attached hydrogens (tertiary/aromatic N) is 2. The molecule has 1 heterocycles. The maximum Gasteiger partial charge on any atom is 0.335 e. The average Bonchev–Trinajstić information content (AvgIpc) is 3.17. The highest BCUT2D eigenvalue weighted by Crippen LogP contribution is 2.40. The average molecular weight is 567 g/mol. The van der Waals surface area contributed by atoms with E-state index in [1.165, 1.54) is 23.9 Å². The Hall–Kier alpha value is -3.56. The Bertz CT molecular complexity index is 1360. The van der Waals surface area contributed by atoms with Gasteiger partial charge in [0.05, 0.1) is 27.7 Å². The summed E-state index contributed by atoms with van der Waals surface area (Å²) in [4.78, 5) is 31.0. The smallest absolute Gasteiger partial charge is 0.335 e. The number of carboxylic acid groups (broad SMARTS) is 1. The van der Waals surface area contributed by atoms with Crippen LogP contribution in [0.2, 0.25) is 0 Å². The quantitative estimate of drug-likeness (QED) is 0.319. The molecule has 1 aliphatic heterocycles. The number of carbonyl (C=O) groups is 2. The first kappa shape index (κ1) is 25.5. The number of hydrogen-bond donors (Lipinski definition) is 1. The zero-order valence-corrected chi connectivity index (χ0v) is 22.0. The highest BCUT2D eigenvalue weighted by atomic mass is 79.9. The first-order valence-electron chi connectivity index (χ1n) is 11.1. The number of benzene rings is 3. The van der Waals surface area contributed by atoms with Crippen molar-refractivity contribution in [3.05, 3.63) is 92.8 Å². The molecule has 184 valence electrons. The van der Waals surface area contributed by atoms with Gasteiger partial charge >= 0.3 is 5.97 Å². The predicted molar refractivity (Wildman–Crippen MR) is 145 cm³/mol. The molecule has 1 N–H and O–H groups in total. The Balaban J connectivity index is 1.60. The molecule has 0 radical (unpaired) electrons. The molecule has 3 aromatic carbocycles. The van der Waals surface area contributed by atoms with E-state index in [0.29, 0.717) is 44.9 Å². The number of aliphatic imine (C=N–C) groups is 1. The zero-order chi connectivity index (χ0) is 25.7. The third kappa shape index (κ3) is 5.80. The van der Waals surface area contributed by atoms with Gasteiger partial charge in [0, 0.05) is 6.54 Å². The van der Waals surface area contributed by atoms with Gasteiger partial charge in [-0.2, -0.15) is 0 Å². The molecule has 3 aromatic rings. The molecule has 0 unspecified atom stereocenters. The molecule has 0 spiro atoms. The van der Waals surface area contributed by atoms with Crippen LogP contribution in [0.3, 0.4) is 0 Å². The van der Waals surface area contributed by atoms with Crippen molar-refractivity contribution in [2.45, 2.75) is 13.5 Å². The molecule has 7 nitrogen and oxygen atoms in total. The lowest BCUT2D eigenvalue weighted by Gasteiger charge is -2.14. The van der Waals surface area contributed by atoms with Gasteiger partial charge < -0.3 is 14.6 Å². The summed E-state index contributed by atoms with van der Waals surface area (Å²) in [6, 6.07) is 19.8. The summed E-state index contributed by atoms with van der Waals surface area (Å²) in [5, 5.41) is 9.73. The van der Waals surface area contributed by atoms with Gasteiger partial charge in [-0.25, -0.2) is 9.79 Å². The van der Waals surface area contributed by atoms with Gasteiger partial charge in [-0.05, 0) is 82.2 Å². The van der Waals surface area contributed by atoms with E-state index < -0.39 is 5.97 Å². The number of amides is 1. The molecule has 9 heteroatoms. The van der Waals surface area contributed by atoms with Crippen LogP contribution in [-0.4, -0.2) is 40.7 Å². The van der Waals surface area contributed by atoms with Gasteiger partial charge in [-0.15, -0.1) is 0 Å². The normalized spacial score (nSPS) is 15.5. The van der Waals surface area contributed by atoms with Crippen LogP contribution in [0, 0.1) is 0 Å². The van der Waals surface area contributed by atoms with Crippen LogP contribution in [0.5, 0.6) is 11.5 Å². The van der Waals surface area contributed by atoms with Gasteiger partial charge in [0.25, 0.3) is 5.91 Å². The number of likely N-dealkylation sites (N-methyl/N-ethyl adjacent to an activating group) is 1. The van der Waals surface area contributed by atoms with Crippen molar-refractivity contribution in [3.8, 4) is 11.5 Å². The Morgan fingerprint density at radius 2 is 1.92 bits per heavy atom. The molecule has 0 aliphatic carbocycles. The fourth-order valence-corrected chi connectivity index (χ4v) is 5.17. The maximum absolute atomic E-state index is 13.1. The van der Waals surface area contributed by atoms with E-state index in [1.807, 2.05) is 49.4 Å². The number of halogens is 1. The van der Waals surface area contributed by atoms with Crippen molar-refractivity contribution in [3.63, 3.8) is 0 Å². The fourth-order valence-electron chi connectivity index (χ4n) is 3.53. The van der Waals surface area contributed by atoms with E-state index in [0.717, 1.165) is 11.1 Å². The van der Waals surface area contributed by atoms with Gasteiger partial charge in [-0.1, -0.05) is 36.4 Å². The van der Waals surface area contributed by atoms with Crippen LogP contribution >= 0.6 is 27.7 Å². The second-order valence-corrected chi connectivity index (χ2v) is 9.58. The highest BCUT2D eigenvalue weighted by molar-refractivity contribution is 9.10. The molecule has 0 bridgehead atoms. The van der Waals surface area contributed by atoms with Crippen molar-refractivity contribution in [1.82, 2.24) is 4.90 Å². The molecule has 1 saturated heterocycles. The highest BCUT2D eigenvalue weighted by Gasteiger charge is 2.32. The van der Waals surface area contributed by atoms with E-state index in [1.54, 1.807) is 30.2 Å². The Morgan fingerprint density at radius 1 is 1.14 bits per heavy atom.